The van der Waals surface area contributed by atoms with E-state index in [0.29, 0.717) is 44.3 Å². The first-order valence-electron chi connectivity index (χ1n) is 12.3. The Labute approximate surface area is 207 Å². The van der Waals surface area contributed by atoms with Gasteiger partial charge in [0.15, 0.2) is 0 Å². The first kappa shape index (κ1) is 24.7. The quantitative estimate of drug-likeness (QED) is 0.610. The fourth-order valence-electron chi connectivity index (χ4n) is 4.83. The van der Waals surface area contributed by atoms with Crippen molar-refractivity contribution in [3.63, 3.8) is 0 Å². The Hall–Kier alpha value is -2.38. The molecule has 2 aliphatic rings. The molecule has 2 heterocycles. The molecule has 1 unspecified atom stereocenters. The molecule has 0 N–H and O–H groups in total. The monoisotopic (exact) mass is 486 g/mol. The second kappa shape index (κ2) is 10.9. The third-order valence-electron chi connectivity index (χ3n) is 6.87. The first-order valence-corrected chi connectivity index (χ1v) is 12.7. The summed E-state index contributed by atoms with van der Waals surface area (Å²) in [5.74, 6) is 0.573. The van der Waals surface area contributed by atoms with E-state index >= 15 is 0 Å². The van der Waals surface area contributed by atoms with E-state index in [0.717, 1.165) is 60.3 Å². The summed E-state index contributed by atoms with van der Waals surface area (Å²) in [6, 6.07) is 5.64. The molecule has 1 saturated heterocycles. The summed E-state index contributed by atoms with van der Waals surface area (Å²) in [5.41, 5.74) is 3.64. The highest BCUT2D eigenvalue weighted by Crippen LogP contribution is 2.36. The highest BCUT2D eigenvalue weighted by atomic mass is 35.5. The average Bonchev–Trinajstić information content (AvgIpc) is 2.85. The molecule has 34 heavy (non-hydrogen) atoms. The number of amides is 2. The van der Waals surface area contributed by atoms with Crippen molar-refractivity contribution in [2.75, 3.05) is 53.4 Å². The van der Waals surface area contributed by atoms with Gasteiger partial charge in [-0.05, 0) is 76.4 Å². The fraction of sp³-hybridized carbons (Fsp3) is 0.577. The van der Waals surface area contributed by atoms with Crippen molar-refractivity contribution in [1.82, 2.24) is 19.7 Å². The molecule has 1 aromatic carbocycles. The number of fused-ring (bicyclic) bond motifs is 2. The number of nitrogens with zero attached hydrogens (tertiary/aromatic N) is 4. The molecule has 4 rings (SSSR count). The summed E-state index contributed by atoms with van der Waals surface area (Å²) < 4.78 is 5.21. The van der Waals surface area contributed by atoms with E-state index in [4.69, 9.17) is 21.3 Å². The number of hydrogen-bond donors (Lipinski definition) is 0. The molecular formula is C26H35ClN4O3. The largest absolute Gasteiger partial charge is 0.449 e. The molecule has 1 aliphatic heterocycles. The van der Waals surface area contributed by atoms with Crippen molar-refractivity contribution in [1.29, 1.82) is 0 Å². The second-order valence-corrected chi connectivity index (χ2v) is 10.1. The molecule has 8 heteroatoms. The number of carbonyl (C=O) groups is 2. The van der Waals surface area contributed by atoms with E-state index in [1.54, 1.807) is 9.80 Å². The van der Waals surface area contributed by atoms with Gasteiger partial charge in [0.05, 0.1) is 17.1 Å². The zero-order valence-electron chi connectivity index (χ0n) is 20.5. The Kier molecular flexibility index (Phi) is 7.94. The normalized spacial score (nSPS) is 18.3. The van der Waals surface area contributed by atoms with Crippen LogP contribution < -0.4 is 0 Å². The number of carbonyl (C=O) groups excluding carboxylic acids is 2. The van der Waals surface area contributed by atoms with Gasteiger partial charge in [-0.2, -0.15) is 0 Å². The summed E-state index contributed by atoms with van der Waals surface area (Å²) in [4.78, 5) is 35.9. The highest BCUT2D eigenvalue weighted by molar-refractivity contribution is 6.36. The maximum atomic E-state index is 13.2. The second-order valence-electron chi connectivity index (χ2n) is 9.68. The van der Waals surface area contributed by atoms with Crippen LogP contribution in [0.2, 0.25) is 5.02 Å². The Morgan fingerprint density at radius 3 is 2.62 bits per heavy atom. The number of ether oxygens (including phenoxy) is 1. The summed E-state index contributed by atoms with van der Waals surface area (Å²) in [7, 11) is 4.21. The minimum atomic E-state index is -0.299. The van der Waals surface area contributed by atoms with Gasteiger partial charge in [-0.15, -0.1) is 0 Å². The van der Waals surface area contributed by atoms with E-state index in [1.807, 2.05) is 25.1 Å². The van der Waals surface area contributed by atoms with Gasteiger partial charge < -0.3 is 19.4 Å². The molecule has 1 aliphatic carbocycles. The molecule has 0 saturated carbocycles. The van der Waals surface area contributed by atoms with Crippen molar-refractivity contribution in [3.05, 3.63) is 40.0 Å². The average molecular weight is 487 g/mol. The van der Waals surface area contributed by atoms with Crippen molar-refractivity contribution >= 4 is 34.5 Å². The van der Waals surface area contributed by atoms with E-state index in [1.165, 1.54) is 5.56 Å². The van der Waals surface area contributed by atoms with Crippen LogP contribution in [0.3, 0.4) is 0 Å². The third-order valence-corrected chi connectivity index (χ3v) is 7.31. The lowest BCUT2D eigenvalue weighted by molar-refractivity contribution is 0.0560. The zero-order valence-corrected chi connectivity index (χ0v) is 21.2. The van der Waals surface area contributed by atoms with Crippen LogP contribution >= 0.6 is 11.6 Å². The van der Waals surface area contributed by atoms with Gasteiger partial charge in [0.25, 0.3) is 5.91 Å². The standard InChI is InChI=1S/C26H35ClN4O3/c1-4-15-34-26(33)31-13-11-30(12-14-31)25(32)19-6-8-21-23(17-19)28-22-16-18(9-10-29(2)3)5-7-20(22)24(21)27/h6,8,17-18H,4-5,7,9-16H2,1-3H3. The summed E-state index contributed by atoms with van der Waals surface area (Å²) in [5, 5.41) is 1.69. The maximum absolute atomic E-state index is 13.2. The van der Waals surface area contributed by atoms with E-state index in [9.17, 15) is 9.59 Å². The zero-order chi connectivity index (χ0) is 24.2. The molecule has 184 valence electrons. The predicted octanol–water partition coefficient (Wildman–Crippen LogP) is 4.25. The molecule has 1 fully saturated rings. The van der Waals surface area contributed by atoms with E-state index in [2.05, 4.69) is 19.0 Å². The molecule has 0 radical (unpaired) electrons. The minimum absolute atomic E-state index is 0.0389. The van der Waals surface area contributed by atoms with Gasteiger partial charge in [-0.1, -0.05) is 24.6 Å². The predicted molar refractivity (Wildman–Crippen MR) is 135 cm³/mol. The molecule has 1 atom stereocenters. The highest BCUT2D eigenvalue weighted by Gasteiger charge is 2.27. The van der Waals surface area contributed by atoms with Crippen LogP contribution in [0.15, 0.2) is 18.2 Å². The van der Waals surface area contributed by atoms with Gasteiger partial charge in [-0.25, -0.2) is 4.79 Å². The number of hydrogen-bond acceptors (Lipinski definition) is 5. The lowest BCUT2D eigenvalue weighted by Crippen LogP contribution is -2.50. The number of piperazine rings is 1. The molecule has 7 nitrogen and oxygen atoms in total. The van der Waals surface area contributed by atoms with Gasteiger partial charge in [0.1, 0.15) is 0 Å². The lowest BCUT2D eigenvalue weighted by atomic mass is 9.84. The Bertz CT molecular complexity index is 1050. The van der Waals surface area contributed by atoms with Crippen LogP contribution in [0.4, 0.5) is 4.79 Å². The summed E-state index contributed by atoms with van der Waals surface area (Å²) in [6.45, 7) is 5.40. The van der Waals surface area contributed by atoms with Crippen molar-refractivity contribution in [2.45, 2.75) is 39.0 Å². The van der Waals surface area contributed by atoms with Crippen molar-refractivity contribution in [3.8, 4) is 0 Å². The molecule has 2 amide bonds. The summed E-state index contributed by atoms with van der Waals surface area (Å²) in [6.07, 6.45) is 4.69. The van der Waals surface area contributed by atoms with Crippen LogP contribution in [0.1, 0.15) is 47.8 Å². The number of benzene rings is 1. The Balaban J connectivity index is 1.47. The van der Waals surface area contributed by atoms with Crippen LogP contribution in [-0.4, -0.2) is 85.1 Å². The smallest absolute Gasteiger partial charge is 0.409 e. The SMILES string of the molecule is CCCOC(=O)N1CCN(C(=O)c2ccc3c(Cl)c4c(nc3c2)CC(CCN(C)C)CC4)CC1. The van der Waals surface area contributed by atoms with E-state index in [-0.39, 0.29) is 12.0 Å². The van der Waals surface area contributed by atoms with Gasteiger partial charge in [-0.3, -0.25) is 9.78 Å². The summed E-state index contributed by atoms with van der Waals surface area (Å²) >= 11 is 6.80. The van der Waals surface area contributed by atoms with Crippen LogP contribution in [-0.2, 0) is 17.6 Å². The Morgan fingerprint density at radius 1 is 1.18 bits per heavy atom. The third kappa shape index (κ3) is 5.47. The number of pyridine rings is 1. The van der Waals surface area contributed by atoms with E-state index < -0.39 is 0 Å². The Morgan fingerprint density at radius 2 is 1.91 bits per heavy atom. The minimum Gasteiger partial charge on any atom is -0.449 e. The molecule has 1 aromatic heterocycles. The molecule has 0 spiro atoms. The first-order chi connectivity index (χ1) is 16.4. The fourth-order valence-corrected chi connectivity index (χ4v) is 5.20. The molecule has 0 bridgehead atoms. The molecular weight excluding hydrogens is 452 g/mol. The number of aromatic nitrogens is 1. The number of rotatable bonds is 6. The van der Waals surface area contributed by atoms with Gasteiger partial charge in [0.2, 0.25) is 0 Å². The van der Waals surface area contributed by atoms with Crippen molar-refractivity contribution < 1.29 is 14.3 Å². The van der Waals surface area contributed by atoms with Crippen LogP contribution in [0.25, 0.3) is 10.9 Å². The van der Waals surface area contributed by atoms with Gasteiger partial charge >= 0.3 is 6.09 Å². The van der Waals surface area contributed by atoms with Gasteiger partial charge in [0, 0.05) is 42.8 Å². The van der Waals surface area contributed by atoms with Crippen LogP contribution in [0.5, 0.6) is 0 Å². The number of halogens is 1. The lowest BCUT2D eigenvalue weighted by Gasteiger charge is -2.34. The van der Waals surface area contributed by atoms with Crippen LogP contribution in [0, 0.1) is 5.92 Å². The topological polar surface area (TPSA) is 66.0 Å². The maximum Gasteiger partial charge on any atom is 0.409 e. The molecule has 2 aromatic rings. The van der Waals surface area contributed by atoms with Crippen molar-refractivity contribution in [2.24, 2.45) is 5.92 Å².